The Hall–Kier alpha value is -3.11. The zero-order valence-electron chi connectivity index (χ0n) is 16.0. The van der Waals surface area contributed by atoms with Crippen LogP contribution in [0.4, 0.5) is 0 Å². The highest BCUT2D eigenvalue weighted by atomic mass is 35.5. The number of carbonyl (C=O) groups is 1. The summed E-state index contributed by atoms with van der Waals surface area (Å²) in [6, 6.07) is 25.9. The quantitative estimate of drug-likeness (QED) is 0.473. The van der Waals surface area contributed by atoms with Crippen molar-refractivity contribution in [3.05, 3.63) is 95.3 Å². The molecule has 1 heterocycles. The molecule has 0 unspecified atom stereocenters. The molecule has 5 heteroatoms. The minimum Gasteiger partial charge on any atom is -0.356 e. The summed E-state index contributed by atoms with van der Waals surface area (Å²) >= 11 is 5.90. The lowest BCUT2D eigenvalue weighted by molar-refractivity contribution is -0.121. The Morgan fingerprint density at radius 1 is 0.897 bits per heavy atom. The fourth-order valence-corrected chi connectivity index (χ4v) is 3.55. The van der Waals surface area contributed by atoms with Crippen LogP contribution in [-0.2, 0) is 17.6 Å². The molecular weight excluding hydrogens is 382 g/mol. The molecule has 0 aliphatic rings. The fourth-order valence-electron chi connectivity index (χ4n) is 3.42. The van der Waals surface area contributed by atoms with Crippen LogP contribution in [0.2, 0.25) is 5.02 Å². The molecule has 3 aromatic carbocycles. The number of nitrogens with one attached hydrogen (secondary N) is 1. The van der Waals surface area contributed by atoms with Gasteiger partial charge >= 0.3 is 0 Å². The predicted octanol–water partition coefficient (Wildman–Crippen LogP) is 4.97. The third-order valence-electron chi connectivity index (χ3n) is 4.87. The standard InChI is InChI=1S/C24H22ClN3O/c25-19-12-10-18(11-13-19)16-17-26-24(29)15-14-23-27-21-8-4-5-9-22(21)28(23)20-6-2-1-3-7-20/h1-13H,14-17H2,(H,26,29). The second-order valence-corrected chi connectivity index (χ2v) is 7.35. The highest BCUT2D eigenvalue weighted by Crippen LogP contribution is 2.22. The topological polar surface area (TPSA) is 46.9 Å². The lowest BCUT2D eigenvalue weighted by atomic mass is 10.1. The van der Waals surface area contributed by atoms with Crippen molar-refractivity contribution in [2.75, 3.05) is 6.54 Å². The molecule has 0 aliphatic carbocycles. The largest absolute Gasteiger partial charge is 0.356 e. The van der Waals surface area contributed by atoms with Crippen LogP contribution in [-0.4, -0.2) is 22.0 Å². The van der Waals surface area contributed by atoms with Gasteiger partial charge in [-0.15, -0.1) is 0 Å². The van der Waals surface area contributed by atoms with E-state index in [9.17, 15) is 4.79 Å². The first-order valence-electron chi connectivity index (χ1n) is 9.73. The van der Waals surface area contributed by atoms with E-state index in [1.807, 2.05) is 60.7 Å². The van der Waals surface area contributed by atoms with E-state index in [1.165, 1.54) is 0 Å². The normalized spacial score (nSPS) is 10.9. The molecule has 4 rings (SSSR count). The Labute approximate surface area is 175 Å². The molecule has 0 aliphatic heterocycles. The van der Waals surface area contributed by atoms with Crippen LogP contribution in [0, 0.1) is 0 Å². The molecule has 0 saturated heterocycles. The Morgan fingerprint density at radius 2 is 1.62 bits per heavy atom. The average Bonchev–Trinajstić information content (AvgIpc) is 3.13. The molecular formula is C24H22ClN3O. The van der Waals surface area contributed by atoms with Crippen molar-refractivity contribution in [1.29, 1.82) is 0 Å². The summed E-state index contributed by atoms with van der Waals surface area (Å²) in [5, 5.41) is 3.72. The summed E-state index contributed by atoms with van der Waals surface area (Å²) in [4.78, 5) is 17.1. The van der Waals surface area contributed by atoms with E-state index >= 15 is 0 Å². The maximum absolute atomic E-state index is 12.4. The second kappa shape index (κ2) is 8.93. The molecule has 4 aromatic rings. The first-order chi connectivity index (χ1) is 14.2. The van der Waals surface area contributed by atoms with Gasteiger partial charge in [-0.2, -0.15) is 0 Å². The summed E-state index contributed by atoms with van der Waals surface area (Å²) in [6.07, 6.45) is 1.76. The molecule has 0 atom stereocenters. The lowest BCUT2D eigenvalue weighted by Crippen LogP contribution is -2.26. The van der Waals surface area contributed by atoms with Gasteiger partial charge in [-0.3, -0.25) is 9.36 Å². The monoisotopic (exact) mass is 403 g/mol. The van der Waals surface area contributed by atoms with Gasteiger partial charge in [-0.1, -0.05) is 54.1 Å². The van der Waals surface area contributed by atoms with Crippen LogP contribution in [0.1, 0.15) is 17.8 Å². The Morgan fingerprint density at radius 3 is 2.41 bits per heavy atom. The third kappa shape index (κ3) is 4.66. The number of carbonyl (C=O) groups excluding carboxylic acids is 1. The van der Waals surface area contributed by atoms with Crippen molar-refractivity contribution in [3.63, 3.8) is 0 Å². The van der Waals surface area contributed by atoms with Crippen molar-refractivity contribution in [1.82, 2.24) is 14.9 Å². The summed E-state index contributed by atoms with van der Waals surface area (Å²) in [5.74, 6) is 0.927. The Balaban J connectivity index is 1.41. The van der Waals surface area contributed by atoms with E-state index in [0.717, 1.165) is 39.6 Å². The van der Waals surface area contributed by atoms with Gasteiger partial charge in [-0.25, -0.2) is 4.98 Å². The molecule has 1 aromatic heterocycles. The van der Waals surface area contributed by atoms with Crippen LogP contribution in [0.5, 0.6) is 0 Å². The number of para-hydroxylation sites is 3. The zero-order chi connectivity index (χ0) is 20.1. The maximum atomic E-state index is 12.4. The third-order valence-corrected chi connectivity index (χ3v) is 5.12. The van der Waals surface area contributed by atoms with Gasteiger partial charge in [0.1, 0.15) is 5.82 Å². The van der Waals surface area contributed by atoms with E-state index in [4.69, 9.17) is 16.6 Å². The molecule has 0 fully saturated rings. The number of amides is 1. The highest BCUT2D eigenvalue weighted by molar-refractivity contribution is 6.30. The number of fused-ring (bicyclic) bond motifs is 1. The molecule has 29 heavy (non-hydrogen) atoms. The first kappa shape index (κ1) is 19.2. The highest BCUT2D eigenvalue weighted by Gasteiger charge is 2.13. The van der Waals surface area contributed by atoms with Gasteiger partial charge in [0.25, 0.3) is 0 Å². The molecule has 0 bridgehead atoms. The number of aryl methyl sites for hydroxylation is 1. The van der Waals surface area contributed by atoms with Gasteiger partial charge in [0, 0.05) is 30.1 Å². The van der Waals surface area contributed by atoms with Gasteiger partial charge in [-0.05, 0) is 48.4 Å². The number of imidazole rings is 1. The SMILES string of the molecule is O=C(CCc1nc2ccccc2n1-c1ccccc1)NCCc1ccc(Cl)cc1. The number of hydrogen-bond donors (Lipinski definition) is 1. The van der Waals surface area contributed by atoms with Crippen LogP contribution in [0.25, 0.3) is 16.7 Å². The van der Waals surface area contributed by atoms with Crippen molar-refractivity contribution in [3.8, 4) is 5.69 Å². The van der Waals surface area contributed by atoms with E-state index in [-0.39, 0.29) is 5.91 Å². The summed E-state index contributed by atoms with van der Waals surface area (Å²) in [7, 11) is 0. The number of aromatic nitrogens is 2. The maximum Gasteiger partial charge on any atom is 0.220 e. The van der Waals surface area contributed by atoms with Crippen LogP contribution >= 0.6 is 11.6 Å². The fraction of sp³-hybridized carbons (Fsp3) is 0.167. The van der Waals surface area contributed by atoms with Crippen LogP contribution in [0.15, 0.2) is 78.9 Å². The number of halogens is 1. The first-order valence-corrected chi connectivity index (χ1v) is 10.1. The van der Waals surface area contributed by atoms with Crippen LogP contribution in [0.3, 0.4) is 0 Å². The van der Waals surface area contributed by atoms with Gasteiger partial charge in [0.05, 0.1) is 11.0 Å². The number of nitrogens with zero attached hydrogens (tertiary/aromatic N) is 2. The molecule has 1 N–H and O–H groups in total. The van der Waals surface area contributed by atoms with E-state index in [0.29, 0.717) is 19.4 Å². The summed E-state index contributed by atoms with van der Waals surface area (Å²) < 4.78 is 2.14. The minimum absolute atomic E-state index is 0.0330. The molecule has 146 valence electrons. The van der Waals surface area contributed by atoms with E-state index in [1.54, 1.807) is 0 Å². The van der Waals surface area contributed by atoms with Gasteiger partial charge in [0.15, 0.2) is 0 Å². The van der Waals surface area contributed by atoms with Crippen molar-refractivity contribution >= 4 is 28.5 Å². The predicted molar refractivity (Wildman–Crippen MR) is 118 cm³/mol. The van der Waals surface area contributed by atoms with Crippen molar-refractivity contribution in [2.45, 2.75) is 19.3 Å². The van der Waals surface area contributed by atoms with E-state index < -0.39 is 0 Å². The molecule has 0 radical (unpaired) electrons. The van der Waals surface area contributed by atoms with Gasteiger partial charge < -0.3 is 5.32 Å². The molecule has 1 amide bonds. The summed E-state index contributed by atoms with van der Waals surface area (Å²) in [5.41, 5.74) is 4.20. The Bertz CT molecular complexity index is 1100. The van der Waals surface area contributed by atoms with Crippen LogP contribution < -0.4 is 5.32 Å². The molecule has 0 saturated carbocycles. The smallest absolute Gasteiger partial charge is 0.220 e. The number of hydrogen-bond acceptors (Lipinski definition) is 2. The molecule has 4 nitrogen and oxygen atoms in total. The minimum atomic E-state index is 0.0330. The number of rotatable bonds is 7. The second-order valence-electron chi connectivity index (χ2n) is 6.91. The number of benzene rings is 3. The molecule has 0 spiro atoms. The van der Waals surface area contributed by atoms with Gasteiger partial charge in [0.2, 0.25) is 5.91 Å². The van der Waals surface area contributed by atoms with Crippen molar-refractivity contribution < 1.29 is 4.79 Å². The zero-order valence-corrected chi connectivity index (χ0v) is 16.8. The Kier molecular flexibility index (Phi) is 5.92. The lowest BCUT2D eigenvalue weighted by Gasteiger charge is -2.10. The average molecular weight is 404 g/mol. The van der Waals surface area contributed by atoms with Crippen molar-refractivity contribution in [2.24, 2.45) is 0 Å². The summed E-state index contributed by atoms with van der Waals surface area (Å²) in [6.45, 7) is 0.607. The van der Waals surface area contributed by atoms with E-state index in [2.05, 4.69) is 28.1 Å².